The quantitative estimate of drug-likeness (QED) is 0.157. The van der Waals surface area contributed by atoms with Crippen LogP contribution < -0.4 is 0 Å². The highest BCUT2D eigenvalue weighted by molar-refractivity contribution is 7.26. The van der Waals surface area contributed by atoms with Crippen LogP contribution in [0.3, 0.4) is 0 Å². The average Bonchev–Trinajstić information content (AvgIpc) is 3.94. The summed E-state index contributed by atoms with van der Waals surface area (Å²) in [6, 6.07) is 65.1. The molecule has 0 bridgehead atoms. The Kier molecular flexibility index (Phi) is 7.45. The maximum atomic E-state index is 9.68. The molecule has 64 heavy (non-hydrogen) atoms. The van der Waals surface area contributed by atoms with Crippen LogP contribution in [0.25, 0.3) is 126 Å². The standard InChI is InChI=1S/C59H36N4S/c1-3-16-37(17-4-1)44-26-15-29-54-55(44)50-35-42(63-52-27-13-11-24-47(52)48-25-12-14-28-53(48)63)36-51(56(50)64-54)59-61-57(39-18-5-2-6-19-39)60-58(62-59)40-32-30-38(31-33-40)49-34-41-20-7-8-21-43(41)45-22-9-10-23-46(45)49/h1-36H/i30D,31D,32D,33D. The minimum atomic E-state index is -0.229. The van der Waals surface area contributed by atoms with Crippen molar-refractivity contribution >= 4 is 74.9 Å². The Labute approximate surface area is 378 Å². The van der Waals surface area contributed by atoms with Gasteiger partial charge in [0.15, 0.2) is 17.5 Å². The molecule has 5 heteroatoms. The molecule has 13 aromatic rings. The Morgan fingerprint density at radius 2 is 0.938 bits per heavy atom. The van der Waals surface area contributed by atoms with Crippen molar-refractivity contribution in [2.45, 2.75) is 0 Å². The van der Waals surface area contributed by atoms with Crippen LogP contribution in [0.4, 0.5) is 0 Å². The van der Waals surface area contributed by atoms with Gasteiger partial charge in [-0.15, -0.1) is 11.3 Å². The lowest BCUT2D eigenvalue weighted by molar-refractivity contribution is 1.07. The van der Waals surface area contributed by atoms with Crippen molar-refractivity contribution in [3.8, 4) is 62.1 Å². The van der Waals surface area contributed by atoms with Crippen LogP contribution in [-0.2, 0) is 0 Å². The number of rotatable bonds is 6. The number of thiophene rings is 1. The van der Waals surface area contributed by atoms with Crippen molar-refractivity contribution < 1.29 is 5.48 Å². The molecule has 3 aromatic heterocycles. The van der Waals surface area contributed by atoms with Crippen LogP contribution in [0.5, 0.6) is 0 Å². The molecule has 10 aromatic carbocycles. The average molecular weight is 837 g/mol. The third kappa shape index (κ3) is 5.86. The van der Waals surface area contributed by atoms with E-state index >= 15 is 0 Å². The molecular formula is C59H36N4S. The van der Waals surface area contributed by atoms with Crippen LogP contribution >= 0.6 is 11.3 Å². The zero-order chi connectivity index (χ0) is 45.6. The molecule has 0 N–H and O–H groups in total. The lowest BCUT2D eigenvalue weighted by Gasteiger charge is -2.14. The fraction of sp³-hybridized carbons (Fsp3) is 0. The molecule has 0 saturated heterocycles. The highest BCUT2D eigenvalue weighted by Crippen LogP contribution is 2.46. The summed E-state index contributed by atoms with van der Waals surface area (Å²) in [4.78, 5) is 15.4. The maximum Gasteiger partial charge on any atom is 0.165 e. The third-order valence-electron chi connectivity index (χ3n) is 12.3. The molecule has 0 aliphatic rings. The van der Waals surface area contributed by atoms with Crippen molar-refractivity contribution in [3.05, 3.63) is 218 Å². The molecule has 0 aliphatic carbocycles. The Morgan fingerprint density at radius 3 is 1.66 bits per heavy atom. The summed E-state index contributed by atoms with van der Waals surface area (Å²) in [5, 5.41) is 8.26. The first-order valence-corrected chi connectivity index (χ1v) is 22.1. The molecule has 0 radical (unpaired) electrons. The summed E-state index contributed by atoms with van der Waals surface area (Å²) in [7, 11) is 0. The molecular weight excluding hydrogens is 797 g/mol. The van der Waals surface area contributed by atoms with E-state index in [2.05, 4.69) is 114 Å². The van der Waals surface area contributed by atoms with Crippen molar-refractivity contribution in [2.24, 2.45) is 0 Å². The minimum Gasteiger partial charge on any atom is -0.309 e. The van der Waals surface area contributed by atoms with Gasteiger partial charge in [-0.25, -0.2) is 15.0 Å². The monoisotopic (exact) mass is 836 g/mol. The summed E-state index contributed by atoms with van der Waals surface area (Å²) >= 11 is 1.68. The zero-order valence-electron chi connectivity index (χ0n) is 38.2. The van der Waals surface area contributed by atoms with Crippen molar-refractivity contribution in [3.63, 3.8) is 0 Å². The van der Waals surface area contributed by atoms with E-state index in [1.54, 1.807) is 11.3 Å². The van der Waals surface area contributed by atoms with E-state index in [0.717, 1.165) is 91.5 Å². The number of benzene rings is 10. The molecule has 0 spiro atoms. The number of fused-ring (bicyclic) bond motifs is 9. The summed E-state index contributed by atoms with van der Waals surface area (Å²) in [6.07, 6.45) is 0. The second kappa shape index (κ2) is 14.7. The topological polar surface area (TPSA) is 43.6 Å². The van der Waals surface area contributed by atoms with Gasteiger partial charge in [0, 0.05) is 53.3 Å². The zero-order valence-corrected chi connectivity index (χ0v) is 35.0. The van der Waals surface area contributed by atoms with Gasteiger partial charge in [-0.2, -0.15) is 0 Å². The largest absolute Gasteiger partial charge is 0.309 e. The SMILES string of the molecule is [2H]c1c([2H])c(-c2cc3ccccc3c3ccccc23)c([2H])c([2H])c1-c1nc(-c2ccccc2)nc(-c2cc(-n3c4ccccc4c4ccccc43)cc3c2sc2cccc(-c4ccccc4)c23)n1. The fourth-order valence-electron chi connectivity index (χ4n) is 9.41. The predicted octanol–water partition coefficient (Wildman–Crippen LogP) is 16.0. The molecule has 0 amide bonds. The van der Waals surface area contributed by atoms with E-state index in [1.807, 2.05) is 84.9 Å². The number of hydrogen-bond donors (Lipinski definition) is 0. The van der Waals surface area contributed by atoms with Gasteiger partial charge in [0.25, 0.3) is 0 Å². The first kappa shape index (κ1) is 32.5. The van der Waals surface area contributed by atoms with Crippen LogP contribution in [0.15, 0.2) is 218 Å². The lowest BCUT2D eigenvalue weighted by Crippen LogP contribution is -2.01. The van der Waals surface area contributed by atoms with Gasteiger partial charge >= 0.3 is 0 Å². The van der Waals surface area contributed by atoms with E-state index in [4.69, 9.17) is 15.0 Å². The van der Waals surface area contributed by atoms with E-state index in [0.29, 0.717) is 17.2 Å². The van der Waals surface area contributed by atoms with E-state index in [-0.39, 0.29) is 41.1 Å². The normalized spacial score (nSPS) is 12.6. The molecule has 3 heterocycles. The Morgan fingerprint density at radius 1 is 0.375 bits per heavy atom. The minimum absolute atomic E-state index is 0.00664. The molecule has 0 aliphatic heterocycles. The Balaban J connectivity index is 1.11. The number of para-hydroxylation sites is 2. The van der Waals surface area contributed by atoms with Crippen LogP contribution in [0.2, 0.25) is 0 Å². The fourth-order valence-corrected chi connectivity index (χ4v) is 10.6. The van der Waals surface area contributed by atoms with Crippen LogP contribution in [-0.4, -0.2) is 19.5 Å². The Hall–Kier alpha value is -8.25. The van der Waals surface area contributed by atoms with Gasteiger partial charge in [-0.05, 0) is 80.2 Å². The molecule has 0 saturated carbocycles. The number of nitrogens with zero attached hydrogens (tertiary/aromatic N) is 4. The molecule has 0 fully saturated rings. The van der Waals surface area contributed by atoms with Crippen molar-refractivity contribution in [1.29, 1.82) is 0 Å². The van der Waals surface area contributed by atoms with E-state index < -0.39 is 0 Å². The first-order valence-electron chi connectivity index (χ1n) is 23.3. The highest BCUT2D eigenvalue weighted by atomic mass is 32.1. The molecule has 13 rings (SSSR count). The predicted molar refractivity (Wildman–Crippen MR) is 269 cm³/mol. The van der Waals surface area contributed by atoms with E-state index in [1.165, 1.54) is 0 Å². The van der Waals surface area contributed by atoms with Gasteiger partial charge in [0.1, 0.15) is 0 Å². The van der Waals surface area contributed by atoms with Gasteiger partial charge in [0.2, 0.25) is 0 Å². The number of hydrogen-bond acceptors (Lipinski definition) is 4. The second-order valence-corrected chi connectivity index (χ2v) is 17.1. The van der Waals surface area contributed by atoms with Gasteiger partial charge in [-0.1, -0.05) is 182 Å². The molecule has 298 valence electrons. The molecule has 0 unspecified atom stereocenters. The Bertz CT molecular complexity index is 4120. The molecule has 4 nitrogen and oxygen atoms in total. The molecule has 0 atom stereocenters. The van der Waals surface area contributed by atoms with Gasteiger partial charge in [0.05, 0.1) is 16.5 Å². The van der Waals surface area contributed by atoms with E-state index in [9.17, 15) is 5.48 Å². The second-order valence-electron chi connectivity index (χ2n) is 16.0. The van der Waals surface area contributed by atoms with Crippen molar-refractivity contribution in [2.75, 3.05) is 0 Å². The van der Waals surface area contributed by atoms with Crippen LogP contribution in [0.1, 0.15) is 5.48 Å². The first-order chi connectivity index (χ1) is 33.4. The summed E-state index contributed by atoms with van der Waals surface area (Å²) < 4.78 is 43.0. The third-order valence-corrected chi connectivity index (χ3v) is 13.5. The van der Waals surface area contributed by atoms with Gasteiger partial charge < -0.3 is 4.57 Å². The highest BCUT2D eigenvalue weighted by Gasteiger charge is 2.22. The summed E-state index contributed by atoms with van der Waals surface area (Å²) in [5.41, 5.74) is 7.62. The number of aromatic nitrogens is 4. The van der Waals surface area contributed by atoms with Crippen LogP contribution in [0, 0.1) is 0 Å². The summed E-state index contributed by atoms with van der Waals surface area (Å²) in [5.74, 6) is 0.770. The smallest absolute Gasteiger partial charge is 0.165 e. The summed E-state index contributed by atoms with van der Waals surface area (Å²) in [6.45, 7) is 0. The maximum absolute atomic E-state index is 9.68. The lowest BCUT2D eigenvalue weighted by atomic mass is 9.93. The van der Waals surface area contributed by atoms with Gasteiger partial charge in [-0.3, -0.25) is 0 Å². The van der Waals surface area contributed by atoms with Crippen molar-refractivity contribution in [1.82, 2.24) is 19.5 Å².